The molecule has 0 aromatic heterocycles. The van der Waals surface area contributed by atoms with Gasteiger partial charge in [0, 0.05) is 0 Å². The van der Waals surface area contributed by atoms with Gasteiger partial charge in [0.1, 0.15) is 12.1 Å². The van der Waals surface area contributed by atoms with Crippen LogP contribution < -0.4 is 0 Å². The van der Waals surface area contributed by atoms with Crippen LogP contribution in [0.25, 0.3) is 0 Å². The molecule has 0 bridgehead atoms. The Morgan fingerprint density at radius 3 is 2.50 bits per heavy atom. The molecule has 0 aliphatic carbocycles. The number of amides is 2. The number of nitrogens with zero attached hydrogens (tertiary/aromatic N) is 2. The fourth-order valence-electron chi connectivity index (χ4n) is 1.71. The molecule has 1 rings (SSSR count). The summed E-state index contributed by atoms with van der Waals surface area (Å²) in [6.07, 6.45) is -0.663. The summed E-state index contributed by atoms with van der Waals surface area (Å²) in [5, 5.41) is 9.11. The van der Waals surface area contributed by atoms with Crippen molar-refractivity contribution in [3.05, 3.63) is 0 Å². The van der Waals surface area contributed by atoms with Crippen molar-refractivity contribution in [1.82, 2.24) is 9.80 Å². The number of cyclic esters (lactones) is 1. The van der Waals surface area contributed by atoms with Crippen molar-refractivity contribution in [3.8, 4) is 0 Å². The van der Waals surface area contributed by atoms with Crippen molar-refractivity contribution in [2.24, 2.45) is 0 Å². The lowest BCUT2D eigenvalue weighted by atomic mass is 10.0. The highest BCUT2D eigenvalue weighted by molar-refractivity contribution is 5.94. The van der Waals surface area contributed by atoms with Crippen LogP contribution in [0.3, 0.4) is 0 Å². The summed E-state index contributed by atoms with van der Waals surface area (Å²) in [7, 11) is 0. The standard InChI is InChI=1S/C11H18N2O5/c1-4-12(11(2,3)9(15)16)7-8(14)13-5-6-18-10(13)17/h4-7H2,1-3H3,(H,15,16). The largest absolute Gasteiger partial charge is 0.480 e. The SMILES string of the molecule is CCN(CC(=O)N1CCOC1=O)C(C)(C)C(=O)O. The molecule has 1 aliphatic heterocycles. The van der Waals surface area contributed by atoms with Crippen LogP contribution in [0.5, 0.6) is 0 Å². The number of likely N-dealkylation sites (N-methyl/N-ethyl adjacent to an activating group) is 1. The van der Waals surface area contributed by atoms with Gasteiger partial charge in [-0.3, -0.25) is 14.5 Å². The topological polar surface area (TPSA) is 87.2 Å². The van der Waals surface area contributed by atoms with Crippen LogP contribution in [0, 0.1) is 0 Å². The first-order valence-corrected chi connectivity index (χ1v) is 5.76. The first kappa shape index (κ1) is 14.4. The molecule has 7 heteroatoms. The summed E-state index contributed by atoms with van der Waals surface area (Å²) in [6, 6.07) is 0. The fraction of sp³-hybridized carbons (Fsp3) is 0.727. The number of carbonyl (C=O) groups is 3. The van der Waals surface area contributed by atoms with Gasteiger partial charge in [-0.05, 0) is 20.4 Å². The molecule has 1 fully saturated rings. The van der Waals surface area contributed by atoms with Crippen LogP contribution in [0.2, 0.25) is 0 Å². The Balaban J connectivity index is 2.72. The second kappa shape index (κ2) is 5.34. The zero-order chi connectivity index (χ0) is 13.9. The highest BCUT2D eigenvalue weighted by Crippen LogP contribution is 2.15. The summed E-state index contributed by atoms with van der Waals surface area (Å²) in [6.45, 7) is 5.50. The maximum absolute atomic E-state index is 11.9. The maximum Gasteiger partial charge on any atom is 0.416 e. The molecule has 0 unspecified atom stereocenters. The molecule has 0 radical (unpaired) electrons. The van der Waals surface area contributed by atoms with Gasteiger partial charge in [0.05, 0.1) is 13.1 Å². The molecule has 1 aliphatic rings. The highest BCUT2D eigenvalue weighted by atomic mass is 16.6. The molecule has 7 nitrogen and oxygen atoms in total. The summed E-state index contributed by atoms with van der Waals surface area (Å²) in [5.74, 6) is -1.45. The zero-order valence-electron chi connectivity index (χ0n) is 10.8. The molecule has 0 saturated carbocycles. The van der Waals surface area contributed by atoms with E-state index >= 15 is 0 Å². The van der Waals surface area contributed by atoms with Crippen molar-refractivity contribution in [2.45, 2.75) is 26.3 Å². The van der Waals surface area contributed by atoms with Gasteiger partial charge in [0.2, 0.25) is 5.91 Å². The average Bonchev–Trinajstić information content (AvgIpc) is 2.71. The zero-order valence-corrected chi connectivity index (χ0v) is 10.8. The van der Waals surface area contributed by atoms with Gasteiger partial charge in [-0.25, -0.2) is 9.69 Å². The maximum atomic E-state index is 11.9. The number of imide groups is 1. The molecule has 1 N–H and O–H groups in total. The molecule has 2 amide bonds. The number of carbonyl (C=O) groups excluding carboxylic acids is 2. The van der Waals surface area contributed by atoms with Crippen LogP contribution >= 0.6 is 0 Å². The predicted molar refractivity (Wildman–Crippen MR) is 62.0 cm³/mol. The van der Waals surface area contributed by atoms with E-state index in [4.69, 9.17) is 5.11 Å². The van der Waals surface area contributed by atoms with E-state index in [-0.39, 0.29) is 19.7 Å². The minimum atomic E-state index is -1.16. The fourth-order valence-corrected chi connectivity index (χ4v) is 1.71. The van der Waals surface area contributed by atoms with Gasteiger partial charge < -0.3 is 9.84 Å². The second-order valence-electron chi connectivity index (χ2n) is 4.54. The van der Waals surface area contributed by atoms with Crippen molar-refractivity contribution in [2.75, 3.05) is 26.2 Å². The number of hydrogen-bond acceptors (Lipinski definition) is 5. The number of carboxylic acids is 1. The van der Waals surface area contributed by atoms with Crippen LogP contribution in [-0.2, 0) is 14.3 Å². The summed E-state index contributed by atoms with van der Waals surface area (Å²) in [4.78, 5) is 36.7. The van der Waals surface area contributed by atoms with Gasteiger partial charge in [0.25, 0.3) is 0 Å². The molecular weight excluding hydrogens is 240 g/mol. The van der Waals surface area contributed by atoms with Gasteiger partial charge in [0.15, 0.2) is 0 Å². The molecule has 102 valence electrons. The monoisotopic (exact) mass is 258 g/mol. The van der Waals surface area contributed by atoms with Crippen LogP contribution in [0.15, 0.2) is 0 Å². The third kappa shape index (κ3) is 2.79. The third-order valence-electron chi connectivity index (χ3n) is 3.08. The number of carboxylic acid groups (broad SMARTS) is 1. The molecule has 1 saturated heterocycles. The van der Waals surface area contributed by atoms with Crippen LogP contribution in [-0.4, -0.2) is 64.7 Å². The Morgan fingerprint density at radius 2 is 2.11 bits per heavy atom. The number of ether oxygens (including phenoxy) is 1. The number of hydrogen-bond donors (Lipinski definition) is 1. The lowest BCUT2D eigenvalue weighted by Crippen LogP contribution is -2.54. The third-order valence-corrected chi connectivity index (χ3v) is 3.08. The smallest absolute Gasteiger partial charge is 0.416 e. The van der Waals surface area contributed by atoms with Gasteiger partial charge in [-0.1, -0.05) is 6.92 Å². The summed E-state index contributed by atoms with van der Waals surface area (Å²) in [5.41, 5.74) is -1.16. The van der Waals surface area contributed by atoms with Gasteiger partial charge in [-0.2, -0.15) is 0 Å². The van der Waals surface area contributed by atoms with Crippen LogP contribution in [0.1, 0.15) is 20.8 Å². The van der Waals surface area contributed by atoms with Crippen molar-refractivity contribution >= 4 is 18.0 Å². The van der Waals surface area contributed by atoms with E-state index in [1.165, 1.54) is 18.7 Å². The van der Waals surface area contributed by atoms with E-state index in [1.807, 2.05) is 0 Å². The Morgan fingerprint density at radius 1 is 1.50 bits per heavy atom. The molecule has 0 atom stereocenters. The molecule has 18 heavy (non-hydrogen) atoms. The van der Waals surface area contributed by atoms with Crippen molar-refractivity contribution in [1.29, 1.82) is 0 Å². The number of rotatable bonds is 5. The quantitative estimate of drug-likeness (QED) is 0.755. The lowest BCUT2D eigenvalue weighted by molar-refractivity contribution is -0.150. The summed E-state index contributed by atoms with van der Waals surface area (Å²) >= 11 is 0. The van der Waals surface area contributed by atoms with Crippen LogP contribution in [0.4, 0.5) is 4.79 Å². The minimum absolute atomic E-state index is 0.120. The molecule has 1 heterocycles. The normalized spacial score (nSPS) is 16.0. The van der Waals surface area contributed by atoms with E-state index in [2.05, 4.69) is 4.74 Å². The van der Waals surface area contributed by atoms with E-state index in [0.717, 1.165) is 4.90 Å². The van der Waals surface area contributed by atoms with Crippen molar-refractivity contribution < 1.29 is 24.2 Å². The Kier molecular flexibility index (Phi) is 4.28. The van der Waals surface area contributed by atoms with Gasteiger partial charge in [-0.15, -0.1) is 0 Å². The first-order valence-electron chi connectivity index (χ1n) is 5.76. The molecule has 0 aromatic carbocycles. The molecule has 0 spiro atoms. The van der Waals surface area contributed by atoms with E-state index in [1.54, 1.807) is 6.92 Å². The number of aliphatic carboxylic acids is 1. The Bertz CT molecular complexity index is 366. The van der Waals surface area contributed by atoms with E-state index in [9.17, 15) is 14.4 Å². The highest BCUT2D eigenvalue weighted by Gasteiger charge is 2.37. The summed E-state index contributed by atoms with van der Waals surface area (Å²) < 4.78 is 4.67. The van der Waals surface area contributed by atoms with E-state index < -0.39 is 23.5 Å². The first-order chi connectivity index (χ1) is 8.30. The lowest BCUT2D eigenvalue weighted by Gasteiger charge is -2.33. The minimum Gasteiger partial charge on any atom is -0.480 e. The van der Waals surface area contributed by atoms with Gasteiger partial charge >= 0.3 is 12.1 Å². The Hall–Kier alpha value is -1.63. The second-order valence-corrected chi connectivity index (χ2v) is 4.54. The average molecular weight is 258 g/mol. The van der Waals surface area contributed by atoms with E-state index in [0.29, 0.717) is 6.54 Å². The molecular formula is C11H18N2O5. The predicted octanol–water partition coefficient (Wildman–Crippen LogP) is 0.150. The molecule has 0 aromatic rings. The Labute approximate surface area is 105 Å². The van der Waals surface area contributed by atoms with Crippen molar-refractivity contribution in [3.63, 3.8) is 0 Å².